The molecule has 0 aromatic carbocycles. The minimum Gasteiger partial charge on any atom is -0.312 e. The Balaban J connectivity index is 2.14. The van der Waals surface area contributed by atoms with E-state index in [1.807, 2.05) is 33.9 Å². The molecule has 2 heterocycles. The van der Waals surface area contributed by atoms with Gasteiger partial charge in [-0.1, -0.05) is 0 Å². The molecule has 60 valence electrons. The van der Waals surface area contributed by atoms with Gasteiger partial charge in [-0.2, -0.15) is 0 Å². The van der Waals surface area contributed by atoms with Crippen LogP contribution >= 0.6 is 0 Å². The molecular weight excluding hydrogens is 152 g/mol. The molecule has 0 amide bonds. The van der Waals surface area contributed by atoms with Gasteiger partial charge in [0.2, 0.25) is 0 Å². The van der Waals surface area contributed by atoms with Crippen LogP contribution in [0.3, 0.4) is 0 Å². The van der Waals surface area contributed by atoms with Crippen LogP contribution in [-0.2, 0) is 0 Å². The van der Waals surface area contributed by atoms with Gasteiger partial charge in [-0.3, -0.25) is 0 Å². The van der Waals surface area contributed by atoms with Crippen LogP contribution in [0.15, 0.2) is 37.4 Å². The van der Waals surface area contributed by atoms with Crippen molar-refractivity contribution < 1.29 is 0 Å². The van der Waals surface area contributed by atoms with Gasteiger partial charge in [0.25, 0.3) is 0 Å². The first-order valence-corrected chi connectivity index (χ1v) is 3.58. The summed E-state index contributed by atoms with van der Waals surface area (Å²) >= 11 is 0. The van der Waals surface area contributed by atoms with Crippen molar-refractivity contribution in [3.05, 3.63) is 37.4 Å². The van der Waals surface area contributed by atoms with Gasteiger partial charge in [-0.25, -0.2) is 9.97 Å². The molecule has 0 bridgehead atoms. The first-order valence-electron chi connectivity index (χ1n) is 3.58. The third-order valence-corrected chi connectivity index (χ3v) is 1.46. The fourth-order valence-corrected chi connectivity index (χ4v) is 0.869. The van der Waals surface area contributed by atoms with Crippen LogP contribution in [0.5, 0.6) is 0 Å². The number of rotatable bonds is 2. The molecule has 0 fully saturated rings. The monoisotopic (exact) mass is 160 g/mol. The lowest BCUT2D eigenvalue weighted by atomic mass is 10.8. The molecule has 0 aliphatic heterocycles. The third-order valence-electron chi connectivity index (χ3n) is 1.46. The number of imidazole rings is 2. The van der Waals surface area contributed by atoms with Gasteiger partial charge < -0.3 is 9.13 Å². The van der Waals surface area contributed by atoms with E-state index in [0.717, 1.165) is 0 Å². The van der Waals surface area contributed by atoms with Crippen molar-refractivity contribution in [2.45, 2.75) is 0 Å². The predicted octanol–water partition coefficient (Wildman–Crippen LogP) is 1.16. The molecule has 4 heteroatoms. The van der Waals surface area contributed by atoms with Gasteiger partial charge >= 0.3 is 0 Å². The van der Waals surface area contributed by atoms with Gasteiger partial charge in [-0.15, -0.1) is 0 Å². The minimum atomic E-state index is 1.73. The van der Waals surface area contributed by atoms with Gasteiger partial charge in [0.05, 0.1) is 12.7 Å². The van der Waals surface area contributed by atoms with Crippen LogP contribution in [-0.4, -0.2) is 19.1 Å². The molecule has 2 rings (SSSR count). The maximum absolute atomic E-state index is 3.91. The van der Waals surface area contributed by atoms with Gasteiger partial charge in [0.1, 0.15) is 0 Å². The summed E-state index contributed by atoms with van der Waals surface area (Å²) in [5, 5.41) is 0. The van der Waals surface area contributed by atoms with Crippen molar-refractivity contribution in [2.24, 2.45) is 0 Å². The Morgan fingerprint density at radius 2 is 1.33 bits per heavy atom. The zero-order valence-electron chi connectivity index (χ0n) is 6.41. The summed E-state index contributed by atoms with van der Waals surface area (Å²) in [5.74, 6) is 0. The van der Waals surface area contributed by atoms with E-state index in [1.165, 1.54) is 0 Å². The summed E-state index contributed by atoms with van der Waals surface area (Å²) in [6, 6.07) is 0. The Morgan fingerprint density at radius 3 is 1.67 bits per heavy atom. The molecule has 0 atom stereocenters. The number of hydrogen-bond acceptors (Lipinski definition) is 2. The minimum absolute atomic E-state index is 1.73. The second-order valence-electron chi connectivity index (χ2n) is 2.32. The van der Waals surface area contributed by atoms with E-state index < -0.39 is 0 Å². The Morgan fingerprint density at radius 1 is 0.833 bits per heavy atom. The number of nitrogens with zero attached hydrogens (tertiary/aromatic N) is 4. The van der Waals surface area contributed by atoms with Crippen molar-refractivity contribution >= 4 is 12.4 Å². The number of hydrogen-bond donors (Lipinski definition) is 0. The van der Waals surface area contributed by atoms with E-state index in [1.54, 1.807) is 25.0 Å². The molecule has 4 nitrogen and oxygen atoms in total. The maximum atomic E-state index is 3.91. The molecule has 0 saturated carbocycles. The van der Waals surface area contributed by atoms with Gasteiger partial charge in [0.15, 0.2) is 0 Å². The molecule has 12 heavy (non-hydrogen) atoms. The zero-order valence-corrected chi connectivity index (χ0v) is 6.41. The maximum Gasteiger partial charge on any atom is 0.0987 e. The van der Waals surface area contributed by atoms with Crippen molar-refractivity contribution in [1.29, 1.82) is 0 Å². The van der Waals surface area contributed by atoms with Crippen molar-refractivity contribution in [2.75, 3.05) is 0 Å². The van der Waals surface area contributed by atoms with E-state index in [4.69, 9.17) is 0 Å². The molecule has 2 aromatic heterocycles. The largest absolute Gasteiger partial charge is 0.312 e. The second-order valence-corrected chi connectivity index (χ2v) is 2.32. The van der Waals surface area contributed by atoms with Crippen LogP contribution in [0.1, 0.15) is 0 Å². The fourth-order valence-electron chi connectivity index (χ4n) is 0.869. The second kappa shape index (κ2) is 3.04. The van der Waals surface area contributed by atoms with E-state index in [9.17, 15) is 0 Å². The highest BCUT2D eigenvalue weighted by atomic mass is 15.0. The Labute approximate surface area is 69.8 Å². The van der Waals surface area contributed by atoms with Crippen molar-refractivity contribution in [1.82, 2.24) is 19.1 Å². The summed E-state index contributed by atoms with van der Waals surface area (Å²) in [6.45, 7) is 0. The van der Waals surface area contributed by atoms with Gasteiger partial charge in [0, 0.05) is 37.2 Å². The lowest BCUT2D eigenvalue weighted by molar-refractivity contribution is 1.10. The van der Waals surface area contributed by atoms with E-state index in [2.05, 4.69) is 9.97 Å². The normalized spacial score (nSPS) is 11.0. The smallest absolute Gasteiger partial charge is 0.0987 e. The average Bonchev–Trinajstić information content (AvgIpc) is 2.74. The summed E-state index contributed by atoms with van der Waals surface area (Å²) in [6.07, 6.45) is 14.5. The molecular formula is C8H8N4. The SMILES string of the molecule is C(=Cn1ccnc1)n1ccnc1. The fraction of sp³-hybridized carbons (Fsp3) is 0. The molecule has 2 aromatic rings. The van der Waals surface area contributed by atoms with Crippen LogP contribution < -0.4 is 0 Å². The highest BCUT2D eigenvalue weighted by Crippen LogP contribution is 1.91. The number of aromatic nitrogens is 4. The lowest BCUT2D eigenvalue weighted by Crippen LogP contribution is -1.82. The van der Waals surface area contributed by atoms with E-state index in [0.29, 0.717) is 0 Å². The first kappa shape index (κ1) is 6.84. The zero-order chi connectivity index (χ0) is 8.23. The summed E-state index contributed by atoms with van der Waals surface area (Å²) in [7, 11) is 0. The van der Waals surface area contributed by atoms with Crippen molar-refractivity contribution in [3.8, 4) is 0 Å². The quantitative estimate of drug-likeness (QED) is 0.661. The molecule has 0 spiro atoms. The van der Waals surface area contributed by atoms with Crippen molar-refractivity contribution in [3.63, 3.8) is 0 Å². The lowest BCUT2D eigenvalue weighted by Gasteiger charge is -1.90. The summed E-state index contributed by atoms with van der Waals surface area (Å²) in [4.78, 5) is 7.82. The molecule has 0 aliphatic carbocycles. The average molecular weight is 160 g/mol. The van der Waals surface area contributed by atoms with Crippen LogP contribution in [0.2, 0.25) is 0 Å². The molecule has 0 radical (unpaired) electrons. The highest BCUT2D eigenvalue weighted by Gasteiger charge is 1.81. The summed E-state index contributed by atoms with van der Waals surface area (Å²) < 4.78 is 3.72. The van der Waals surface area contributed by atoms with Crippen LogP contribution in [0.25, 0.3) is 12.4 Å². The van der Waals surface area contributed by atoms with E-state index in [-0.39, 0.29) is 0 Å². The van der Waals surface area contributed by atoms with E-state index >= 15 is 0 Å². The molecule has 0 aliphatic rings. The van der Waals surface area contributed by atoms with Gasteiger partial charge in [-0.05, 0) is 0 Å². The van der Waals surface area contributed by atoms with Crippen LogP contribution in [0, 0.1) is 0 Å². The Bertz CT molecular complexity index is 308. The summed E-state index contributed by atoms with van der Waals surface area (Å²) in [5.41, 5.74) is 0. The molecule has 0 saturated heterocycles. The highest BCUT2D eigenvalue weighted by molar-refractivity contribution is 5.43. The molecule has 0 unspecified atom stereocenters. The first-order chi connectivity index (χ1) is 5.95. The van der Waals surface area contributed by atoms with Crippen LogP contribution in [0.4, 0.5) is 0 Å². The predicted molar refractivity (Wildman–Crippen MR) is 46.0 cm³/mol. The molecule has 0 N–H and O–H groups in total. The third kappa shape index (κ3) is 1.42. The standard InChI is InChI=1S/C8H8N4/c1-3-11(7-9-1)5-6-12-4-2-10-8-12/h1-8H. The topological polar surface area (TPSA) is 35.6 Å². The Kier molecular flexibility index (Phi) is 1.74. The Hall–Kier alpha value is -1.84.